The number of hydrogen-bond acceptors (Lipinski definition) is 6. The van der Waals surface area contributed by atoms with Gasteiger partial charge >= 0.3 is 0 Å². The molecule has 1 saturated heterocycles. The number of aryl methyl sites for hydroxylation is 1. The molecule has 2 aromatic rings. The maximum Gasteiger partial charge on any atom is 0.259 e. The van der Waals surface area contributed by atoms with Crippen molar-refractivity contribution in [3.8, 4) is 5.75 Å². The number of benzene rings is 1. The van der Waals surface area contributed by atoms with E-state index < -0.39 is 21.3 Å². The molecule has 0 saturated carbocycles. The summed E-state index contributed by atoms with van der Waals surface area (Å²) >= 11 is 0. The lowest BCUT2D eigenvalue weighted by molar-refractivity contribution is 0.102. The first-order valence-corrected chi connectivity index (χ1v) is 11.0. The van der Waals surface area contributed by atoms with Gasteiger partial charge in [0.2, 0.25) is 10.0 Å². The number of aromatic nitrogens is 2. The number of hydrogen-bond donors (Lipinski definition) is 1. The SMILES string of the molecule is COc1ccccc1NC(=O)c1cnc([C@H]2CCCN2S(=O)(=O)C(C)C)nc1C. The van der Waals surface area contributed by atoms with Crippen LogP contribution in [0.5, 0.6) is 5.75 Å². The quantitative estimate of drug-likeness (QED) is 0.774. The number of para-hydroxylation sites is 2. The van der Waals surface area contributed by atoms with Crippen molar-refractivity contribution in [2.45, 2.75) is 44.9 Å². The molecule has 1 fully saturated rings. The van der Waals surface area contributed by atoms with Crippen molar-refractivity contribution in [3.63, 3.8) is 0 Å². The summed E-state index contributed by atoms with van der Waals surface area (Å²) in [5, 5.41) is 2.30. The summed E-state index contributed by atoms with van der Waals surface area (Å²) in [7, 11) is -1.87. The van der Waals surface area contributed by atoms with Crippen LogP contribution in [-0.2, 0) is 10.0 Å². The molecule has 1 N–H and O–H groups in total. The number of methoxy groups -OCH3 is 1. The summed E-state index contributed by atoms with van der Waals surface area (Å²) < 4.78 is 32.0. The number of amides is 1. The summed E-state index contributed by atoms with van der Waals surface area (Å²) in [5.41, 5.74) is 1.38. The molecule has 8 nitrogen and oxygen atoms in total. The van der Waals surface area contributed by atoms with E-state index in [1.54, 1.807) is 39.0 Å². The Bertz CT molecular complexity index is 1010. The Morgan fingerprint density at radius 2 is 2.03 bits per heavy atom. The van der Waals surface area contributed by atoms with Crippen LogP contribution in [0, 0.1) is 6.92 Å². The maximum atomic E-state index is 12.7. The second-order valence-electron chi connectivity index (χ2n) is 7.24. The van der Waals surface area contributed by atoms with Gasteiger partial charge in [-0.2, -0.15) is 4.31 Å². The number of carbonyl (C=O) groups excluding carboxylic acids is 1. The molecular formula is C20H26N4O4S. The number of rotatable bonds is 6. The van der Waals surface area contributed by atoms with Gasteiger partial charge in [-0.3, -0.25) is 4.79 Å². The largest absolute Gasteiger partial charge is 0.495 e. The predicted molar refractivity (Wildman–Crippen MR) is 110 cm³/mol. The van der Waals surface area contributed by atoms with E-state index in [0.29, 0.717) is 41.5 Å². The Hall–Kier alpha value is -2.52. The molecule has 1 aliphatic heterocycles. The number of sulfonamides is 1. The molecule has 9 heteroatoms. The monoisotopic (exact) mass is 418 g/mol. The van der Waals surface area contributed by atoms with E-state index in [-0.39, 0.29) is 5.91 Å². The normalized spacial score (nSPS) is 17.5. The van der Waals surface area contributed by atoms with E-state index in [2.05, 4.69) is 15.3 Å². The van der Waals surface area contributed by atoms with Crippen molar-refractivity contribution >= 4 is 21.6 Å². The van der Waals surface area contributed by atoms with E-state index in [0.717, 1.165) is 6.42 Å². The van der Waals surface area contributed by atoms with Crippen molar-refractivity contribution in [1.29, 1.82) is 0 Å². The Balaban J connectivity index is 1.84. The highest BCUT2D eigenvalue weighted by Gasteiger charge is 2.38. The third-order valence-corrected chi connectivity index (χ3v) is 7.30. The van der Waals surface area contributed by atoms with E-state index >= 15 is 0 Å². The zero-order valence-electron chi connectivity index (χ0n) is 17.0. The lowest BCUT2D eigenvalue weighted by Crippen LogP contribution is -2.36. The first-order chi connectivity index (χ1) is 13.8. The Kier molecular flexibility index (Phi) is 6.18. The third-order valence-electron chi connectivity index (χ3n) is 5.02. The van der Waals surface area contributed by atoms with Crippen LogP contribution in [-0.4, -0.2) is 47.5 Å². The lowest BCUT2D eigenvalue weighted by atomic mass is 10.1. The van der Waals surface area contributed by atoms with E-state index in [1.807, 2.05) is 6.07 Å². The van der Waals surface area contributed by atoms with Crippen molar-refractivity contribution in [3.05, 3.63) is 47.5 Å². The van der Waals surface area contributed by atoms with Gasteiger partial charge in [-0.1, -0.05) is 12.1 Å². The molecule has 1 atom stereocenters. The number of nitrogens with one attached hydrogen (secondary N) is 1. The maximum absolute atomic E-state index is 12.7. The Morgan fingerprint density at radius 1 is 1.31 bits per heavy atom. The second-order valence-corrected chi connectivity index (χ2v) is 9.69. The first-order valence-electron chi connectivity index (χ1n) is 9.54. The minimum atomic E-state index is -3.40. The standard InChI is InChI=1S/C20H26N4O4S/c1-13(2)29(26,27)24-11-7-9-17(24)19-21-12-15(14(3)22-19)20(25)23-16-8-5-6-10-18(16)28-4/h5-6,8,10,12-13,17H,7,9,11H2,1-4H3,(H,23,25)/t17-/m1/s1. The highest BCUT2D eigenvalue weighted by Crippen LogP contribution is 2.34. The highest BCUT2D eigenvalue weighted by molar-refractivity contribution is 7.89. The average Bonchev–Trinajstić information content (AvgIpc) is 3.18. The van der Waals surface area contributed by atoms with Gasteiger partial charge in [-0.05, 0) is 45.7 Å². The Labute approximate surface area is 171 Å². The van der Waals surface area contributed by atoms with Crippen molar-refractivity contribution in [1.82, 2.24) is 14.3 Å². The molecule has 0 spiro atoms. The molecule has 0 unspecified atom stereocenters. The van der Waals surface area contributed by atoms with Crippen LogP contribution in [0.25, 0.3) is 0 Å². The molecule has 0 bridgehead atoms. The van der Waals surface area contributed by atoms with Gasteiger partial charge in [0, 0.05) is 12.7 Å². The van der Waals surface area contributed by atoms with Crippen LogP contribution >= 0.6 is 0 Å². The number of anilines is 1. The molecule has 1 aromatic carbocycles. The fourth-order valence-electron chi connectivity index (χ4n) is 3.38. The van der Waals surface area contributed by atoms with Crippen LogP contribution in [0.15, 0.2) is 30.5 Å². The minimum absolute atomic E-state index is 0.330. The van der Waals surface area contributed by atoms with Crippen molar-refractivity contribution in [2.75, 3.05) is 19.0 Å². The fraction of sp³-hybridized carbons (Fsp3) is 0.450. The number of carbonyl (C=O) groups is 1. The summed E-state index contributed by atoms with van der Waals surface area (Å²) in [5.74, 6) is 0.631. The van der Waals surface area contributed by atoms with E-state index in [9.17, 15) is 13.2 Å². The Morgan fingerprint density at radius 3 is 2.69 bits per heavy atom. The lowest BCUT2D eigenvalue weighted by Gasteiger charge is -2.25. The molecule has 29 heavy (non-hydrogen) atoms. The molecule has 1 aliphatic rings. The molecule has 1 aromatic heterocycles. The highest BCUT2D eigenvalue weighted by atomic mass is 32.2. The fourth-order valence-corrected chi connectivity index (χ4v) is 4.86. The van der Waals surface area contributed by atoms with Gasteiger partial charge in [-0.15, -0.1) is 0 Å². The molecule has 156 valence electrons. The van der Waals surface area contributed by atoms with Gasteiger partial charge in [0.15, 0.2) is 0 Å². The zero-order chi connectivity index (χ0) is 21.2. The van der Waals surface area contributed by atoms with Gasteiger partial charge in [-0.25, -0.2) is 18.4 Å². The van der Waals surface area contributed by atoms with Crippen molar-refractivity contribution in [2.24, 2.45) is 0 Å². The van der Waals surface area contributed by atoms with Crippen LogP contribution in [0.3, 0.4) is 0 Å². The van der Waals surface area contributed by atoms with Crippen LogP contribution in [0.1, 0.15) is 54.6 Å². The summed E-state index contributed by atoms with van der Waals surface area (Å²) in [6, 6.07) is 6.72. The average molecular weight is 419 g/mol. The summed E-state index contributed by atoms with van der Waals surface area (Å²) in [4.78, 5) is 21.5. The third kappa shape index (κ3) is 4.25. The molecular weight excluding hydrogens is 392 g/mol. The van der Waals surface area contributed by atoms with Crippen LogP contribution in [0.4, 0.5) is 5.69 Å². The van der Waals surface area contributed by atoms with E-state index in [1.165, 1.54) is 17.6 Å². The number of ether oxygens (including phenoxy) is 1. The molecule has 2 heterocycles. The summed E-state index contributed by atoms with van der Waals surface area (Å²) in [6.45, 7) is 5.52. The minimum Gasteiger partial charge on any atom is -0.495 e. The second kappa shape index (κ2) is 8.46. The zero-order valence-corrected chi connectivity index (χ0v) is 17.9. The topological polar surface area (TPSA) is 101 Å². The van der Waals surface area contributed by atoms with E-state index in [4.69, 9.17) is 4.74 Å². The van der Waals surface area contributed by atoms with Gasteiger partial charge in [0.05, 0.1) is 35.3 Å². The van der Waals surface area contributed by atoms with Crippen molar-refractivity contribution < 1.29 is 17.9 Å². The van der Waals surface area contributed by atoms with Gasteiger partial charge in [0.1, 0.15) is 11.6 Å². The van der Waals surface area contributed by atoms with Gasteiger partial charge < -0.3 is 10.1 Å². The van der Waals surface area contributed by atoms with Crippen LogP contribution < -0.4 is 10.1 Å². The molecule has 3 rings (SSSR count). The first kappa shape index (κ1) is 21.2. The van der Waals surface area contributed by atoms with Crippen LogP contribution in [0.2, 0.25) is 0 Å². The molecule has 0 aliphatic carbocycles. The molecule has 1 amide bonds. The summed E-state index contributed by atoms with van der Waals surface area (Å²) in [6.07, 6.45) is 2.88. The smallest absolute Gasteiger partial charge is 0.259 e. The number of nitrogens with zero attached hydrogens (tertiary/aromatic N) is 3. The predicted octanol–water partition coefficient (Wildman–Crippen LogP) is 2.92. The molecule has 0 radical (unpaired) electrons. The van der Waals surface area contributed by atoms with Gasteiger partial charge in [0.25, 0.3) is 5.91 Å².